The topological polar surface area (TPSA) is 69.6 Å². The largest absolute Gasteiger partial charge is 0.399 e. The Bertz CT molecular complexity index is 572. The summed E-state index contributed by atoms with van der Waals surface area (Å²) >= 11 is 0. The Balaban J connectivity index is 1.88. The van der Waals surface area contributed by atoms with Gasteiger partial charge in [-0.1, -0.05) is 26.0 Å². The van der Waals surface area contributed by atoms with Crippen LogP contribution in [0.3, 0.4) is 0 Å². The van der Waals surface area contributed by atoms with Crippen LogP contribution < -0.4 is 5.73 Å². The molecule has 5 nitrogen and oxygen atoms in total. The van der Waals surface area contributed by atoms with Crippen molar-refractivity contribution in [3.05, 3.63) is 24.3 Å². The molecule has 2 aromatic rings. The van der Waals surface area contributed by atoms with Gasteiger partial charge in [0.05, 0.1) is 0 Å². The van der Waals surface area contributed by atoms with Gasteiger partial charge < -0.3 is 5.73 Å². The first-order chi connectivity index (χ1) is 8.56. The van der Waals surface area contributed by atoms with Crippen molar-refractivity contribution in [2.75, 3.05) is 5.73 Å². The van der Waals surface area contributed by atoms with Gasteiger partial charge in [0.1, 0.15) is 0 Å². The quantitative estimate of drug-likeness (QED) is 0.837. The minimum atomic E-state index is 0.429. The lowest BCUT2D eigenvalue weighted by Crippen LogP contribution is -2.07. The number of aromatic nitrogens is 4. The molecule has 1 aliphatic rings. The van der Waals surface area contributed by atoms with E-state index in [0.29, 0.717) is 11.3 Å². The third-order valence-corrected chi connectivity index (χ3v) is 3.79. The maximum Gasteiger partial charge on any atom is 0.182 e. The van der Waals surface area contributed by atoms with Crippen molar-refractivity contribution in [3.63, 3.8) is 0 Å². The molecule has 1 aromatic carbocycles. The van der Waals surface area contributed by atoms with Gasteiger partial charge in [0.25, 0.3) is 0 Å². The maximum absolute atomic E-state index is 5.79. The number of benzene rings is 1. The minimum Gasteiger partial charge on any atom is -0.399 e. The summed E-state index contributed by atoms with van der Waals surface area (Å²) in [5, 5.41) is 12.0. The number of nitrogens with zero attached hydrogens (tertiary/aromatic N) is 4. The number of hydrogen-bond donors (Lipinski definition) is 1. The molecule has 1 atom stereocenters. The second kappa shape index (κ2) is 3.80. The van der Waals surface area contributed by atoms with E-state index in [2.05, 4.69) is 29.4 Å². The molecule has 1 heterocycles. The number of tetrazole rings is 1. The molecule has 1 fully saturated rings. The molecule has 94 valence electrons. The third kappa shape index (κ3) is 1.96. The van der Waals surface area contributed by atoms with Crippen molar-refractivity contribution < 1.29 is 0 Å². The highest BCUT2D eigenvalue weighted by Crippen LogP contribution is 2.52. The molecule has 0 radical (unpaired) electrons. The van der Waals surface area contributed by atoms with E-state index >= 15 is 0 Å². The van der Waals surface area contributed by atoms with E-state index in [-0.39, 0.29) is 0 Å². The highest BCUT2D eigenvalue weighted by molar-refractivity contribution is 5.60. The standard InChI is InChI=1S/C13H17N5/c1-13(2)7-10(13)8-18-12(15-16-17-18)9-4-3-5-11(14)6-9/h3-6,10H,7-8,14H2,1-2H3. The zero-order chi connectivity index (χ0) is 12.8. The van der Waals surface area contributed by atoms with Crippen molar-refractivity contribution >= 4 is 5.69 Å². The van der Waals surface area contributed by atoms with Gasteiger partial charge in [-0.15, -0.1) is 5.10 Å². The van der Waals surface area contributed by atoms with Gasteiger partial charge in [0.2, 0.25) is 0 Å². The fourth-order valence-electron chi connectivity index (χ4n) is 2.31. The summed E-state index contributed by atoms with van der Waals surface area (Å²) in [6, 6.07) is 7.67. The van der Waals surface area contributed by atoms with Gasteiger partial charge in [0, 0.05) is 17.8 Å². The minimum absolute atomic E-state index is 0.429. The van der Waals surface area contributed by atoms with Crippen molar-refractivity contribution in [2.24, 2.45) is 11.3 Å². The first kappa shape index (κ1) is 11.2. The molecule has 2 N–H and O–H groups in total. The Kier molecular flexibility index (Phi) is 2.36. The SMILES string of the molecule is CC1(C)CC1Cn1nnnc1-c1cccc(N)c1. The van der Waals surface area contributed by atoms with Crippen LogP contribution in [0.15, 0.2) is 24.3 Å². The summed E-state index contributed by atoms with van der Waals surface area (Å²) in [6.45, 7) is 5.44. The average Bonchev–Trinajstić information content (AvgIpc) is 2.75. The van der Waals surface area contributed by atoms with Crippen LogP contribution in [-0.4, -0.2) is 20.2 Å². The van der Waals surface area contributed by atoms with Gasteiger partial charge in [-0.3, -0.25) is 0 Å². The molecule has 3 rings (SSSR count). The molecule has 1 saturated carbocycles. The molecule has 1 unspecified atom stereocenters. The Morgan fingerprint density at radius 2 is 2.22 bits per heavy atom. The van der Waals surface area contributed by atoms with E-state index in [0.717, 1.165) is 23.6 Å². The summed E-state index contributed by atoms with van der Waals surface area (Å²) in [5.74, 6) is 1.46. The van der Waals surface area contributed by atoms with Crippen molar-refractivity contribution in [2.45, 2.75) is 26.8 Å². The van der Waals surface area contributed by atoms with Gasteiger partial charge in [-0.2, -0.15) is 0 Å². The Morgan fingerprint density at radius 1 is 1.44 bits per heavy atom. The summed E-state index contributed by atoms with van der Waals surface area (Å²) in [5.41, 5.74) is 7.92. The Morgan fingerprint density at radius 3 is 2.89 bits per heavy atom. The van der Waals surface area contributed by atoms with E-state index in [1.807, 2.05) is 28.9 Å². The van der Waals surface area contributed by atoms with Crippen LogP contribution in [-0.2, 0) is 6.54 Å². The number of rotatable bonds is 3. The highest BCUT2D eigenvalue weighted by atomic mass is 15.5. The Labute approximate surface area is 106 Å². The monoisotopic (exact) mass is 243 g/mol. The fraction of sp³-hybridized carbons (Fsp3) is 0.462. The van der Waals surface area contributed by atoms with E-state index in [1.165, 1.54) is 6.42 Å². The summed E-state index contributed by atoms with van der Waals surface area (Å²) in [6.07, 6.45) is 1.24. The molecule has 1 aromatic heterocycles. The molecule has 0 saturated heterocycles. The molecule has 18 heavy (non-hydrogen) atoms. The second-order valence-corrected chi connectivity index (χ2v) is 5.70. The lowest BCUT2D eigenvalue weighted by atomic mass is 10.1. The fourth-order valence-corrected chi connectivity index (χ4v) is 2.31. The number of hydrogen-bond acceptors (Lipinski definition) is 4. The number of nitrogen functional groups attached to an aromatic ring is 1. The van der Waals surface area contributed by atoms with E-state index in [9.17, 15) is 0 Å². The molecule has 0 bridgehead atoms. The van der Waals surface area contributed by atoms with Crippen LogP contribution in [0.25, 0.3) is 11.4 Å². The van der Waals surface area contributed by atoms with Gasteiger partial charge in [0.15, 0.2) is 5.82 Å². The molecular formula is C13H17N5. The molecule has 1 aliphatic carbocycles. The van der Waals surface area contributed by atoms with Crippen molar-refractivity contribution in [1.29, 1.82) is 0 Å². The summed E-state index contributed by atoms with van der Waals surface area (Å²) < 4.78 is 1.88. The molecule has 5 heteroatoms. The van der Waals surface area contributed by atoms with Crippen LogP contribution in [0.2, 0.25) is 0 Å². The maximum atomic E-state index is 5.79. The first-order valence-corrected chi connectivity index (χ1v) is 6.18. The van der Waals surface area contributed by atoms with Crippen LogP contribution in [0.5, 0.6) is 0 Å². The second-order valence-electron chi connectivity index (χ2n) is 5.70. The number of anilines is 1. The summed E-state index contributed by atoms with van der Waals surface area (Å²) in [7, 11) is 0. The van der Waals surface area contributed by atoms with E-state index in [1.54, 1.807) is 0 Å². The third-order valence-electron chi connectivity index (χ3n) is 3.79. The van der Waals surface area contributed by atoms with Gasteiger partial charge in [-0.25, -0.2) is 4.68 Å². The smallest absolute Gasteiger partial charge is 0.182 e. The van der Waals surface area contributed by atoms with E-state index in [4.69, 9.17) is 5.73 Å². The predicted molar refractivity (Wildman–Crippen MR) is 69.6 cm³/mol. The molecule has 0 spiro atoms. The zero-order valence-electron chi connectivity index (χ0n) is 10.7. The normalized spacial score (nSPS) is 20.9. The average molecular weight is 243 g/mol. The number of nitrogens with two attached hydrogens (primary N) is 1. The lowest BCUT2D eigenvalue weighted by molar-refractivity contribution is 0.467. The Hall–Kier alpha value is -1.91. The first-order valence-electron chi connectivity index (χ1n) is 6.18. The van der Waals surface area contributed by atoms with Gasteiger partial charge >= 0.3 is 0 Å². The van der Waals surface area contributed by atoms with Gasteiger partial charge in [-0.05, 0) is 40.3 Å². The molecule has 0 aliphatic heterocycles. The van der Waals surface area contributed by atoms with Crippen molar-refractivity contribution in [3.8, 4) is 11.4 Å². The van der Waals surface area contributed by atoms with E-state index < -0.39 is 0 Å². The zero-order valence-corrected chi connectivity index (χ0v) is 10.7. The van der Waals surface area contributed by atoms with Crippen LogP contribution in [0, 0.1) is 11.3 Å². The summed E-state index contributed by atoms with van der Waals surface area (Å²) in [4.78, 5) is 0. The predicted octanol–water partition coefficient (Wildman–Crippen LogP) is 1.97. The molecular weight excluding hydrogens is 226 g/mol. The van der Waals surface area contributed by atoms with Crippen molar-refractivity contribution in [1.82, 2.24) is 20.2 Å². The van der Waals surface area contributed by atoms with Crippen LogP contribution >= 0.6 is 0 Å². The van der Waals surface area contributed by atoms with Crippen LogP contribution in [0.4, 0.5) is 5.69 Å². The lowest BCUT2D eigenvalue weighted by Gasteiger charge is -2.06. The van der Waals surface area contributed by atoms with Crippen LogP contribution in [0.1, 0.15) is 20.3 Å². The molecule has 0 amide bonds. The highest BCUT2D eigenvalue weighted by Gasteiger charge is 2.45.